The second-order valence-electron chi connectivity index (χ2n) is 5.77. The Balaban J connectivity index is 2.30. The van der Waals surface area contributed by atoms with Crippen LogP contribution in [-0.2, 0) is 0 Å². The van der Waals surface area contributed by atoms with Crippen molar-refractivity contribution in [1.82, 2.24) is 9.97 Å². The van der Waals surface area contributed by atoms with Crippen LogP contribution < -0.4 is 16.2 Å². The van der Waals surface area contributed by atoms with Crippen LogP contribution in [0.25, 0.3) is 0 Å². The van der Waals surface area contributed by atoms with Crippen LogP contribution in [0.5, 0.6) is 0 Å². The largest absolute Gasteiger partial charge is 0.351 e. The van der Waals surface area contributed by atoms with Gasteiger partial charge in [-0.1, -0.05) is 13.8 Å². The van der Waals surface area contributed by atoms with E-state index in [2.05, 4.69) is 29.2 Å². The number of hydrogen-bond acceptors (Lipinski definition) is 7. The Bertz CT molecular complexity index is 526. The molecule has 0 bridgehead atoms. The first-order chi connectivity index (χ1) is 9.93. The lowest BCUT2D eigenvalue weighted by molar-refractivity contribution is -0.385. The van der Waals surface area contributed by atoms with E-state index in [9.17, 15) is 10.1 Å². The van der Waals surface area contributed by atoms with Gasteiger partial charge in [0.15, 0.2) is 0 Å². The van der Waals surface area contributed by atoms with Crippen LogP contribution in [0.3, 0.4) is 0 Å². The highest BCUT2D eigenvalue weighted by Crippen LogP contribution is 2.33. The summed E-state index contributed by atoms with van der Waals surface area (Å²) in [5.41, 5.74) is 2.66. The van der Waals surface area contributed by atoms with E-state index >= 15 is 0 Å². The molecule has 3 N–H and O–H groups in total. The van der Waals surface area contributed by atoms with Gasteiger partial charge in [0, 0.05) is 13.1 Å². The number of piperidine rings is 1. The fourth-order valence-electron chi connectivity index (χ4n) is 2.83. The van der Waals surface area contributed by atoms with Crippen molar-refractivity contribution in [2.24, 2.45) is 17.7 Å². The standard InChI is InChI=1S/C13H22N6O2/c1-8(2)10-4-6-18(7-5-10)12-11(19(20)21)9(3)15-13(16-12)17-14/h8,10H,4-7,14H2,1-3H3,(H,15,16,17). The normalized spacial score (nSPS) is 16.3. The van der Waals surface area contributed by atoms with Gasteiger partial charge in [-0.2, -0.15) is 4.98 Å². The lowest BCUT2D eigenvalue weighted by Crippen LogP contribution is -2.36. The zero-order valence-electron chi connectivity index (χ0n) is 12.7. The van der Waals surface area contributed by atoms with Crippen LogP contribution in [0.2, 0.25) is 0 Å². The zero-order valence-corrected chi connectivity index (χ0v) is 12.7. The summed E-state index contributed by atoms with van der Waals surface area (Å²) in [5, 5.41) is 11.3. The molecule has 0 unspecified atom stereocenters. The monoisotopic (exact) mass is 294 g/mol. The highest BCUT2D eigenvalue weighted by molar-refractivity contribution is 5.62. The highest BCUT2D eigenvalue weighted by Gasteiger charge is 2.30. The van der Waals surface area contributed by atoms with Gasteiger partial charge in [-0.3, -0.25) is 15.5 Å². The number of nitrogens with zero attached hydrogens (tertiary/aromatic N) is 4. The molecule has 8 heteroatoms. The van der Waals surface area contributed by atoms with E-state index in [1.165, 1.54) is 0 Å². The molecule has 0 radical (unpaired) electrons. The van der Waals surface area contributed by atoms with E-state index in [1.54, 1.807) is 6.92 Å². The molecular formula is C13H22N6O2. The number of nitro groups is 1. The Morgan fingerprint density at radius 1 is 1.38 bits per heavy atom. The fourth-order valence-corrected chi connectivity index (χ4v) is 2.83. The maximum Gasteiger partial charge on any atom is 0.332 e. The van der Waals surface area contributed by atoms with Crippen molar-refractivity contribution in [3.8, 4) is 0 Å². The first-order valence-corrected chi connectivity index (χ1v) is 7.18. The summed E-state index contributed by atoms with van der Waals surface area (Å²) < 4.78 is 0. The molecule has 0 saturated carbocycles. The van der Waals surface area contributed by atoms with E-state index in [0.29, 0.717) is 23.3 Å². The van der Waals surface area contributed by atoms with Gasteiger partial charge in [0.25, 0.3) is 0 Å². The fraction of sp³-hybridized carbons (Fsp3) is 0.692. The number of rotatable bonds is 4. The average Bonchev–Trinajstić information content (AvgIpc) is 2.45. The predicted molar refractivity (Wildman–Crippen MR) is 81.0 cm³/mol. The molecule has 0 amide bonds. The molecule has 0 aromatic carbocycles. The summed E-state index contributed by atoms with van der Waals surface area (Å²) in [6.07, 6.45) is 2.03. The average molecular weight is 294 g/mol. The van der Waals surface area contributed by atoms with Gasteiger partial charge < -0.3 is 4.90 Å². The second-order valence-corrected chi connectivity index (χ2v) is 5.77. The number of hydrazine groups is 1. The second kappa shape index (κ2) is 6.21. The molecule has 1 fully saturated rings. The highest BCUT2D eigenvalue weighted by atomic mass is 16.6. The van der Waals surface area contributed by atoms with E-state index in [1.807, 2.05) is 4.90 Å². The van der Waals surface area contributed by atoms with Crippen molar-refractivity contribution < 1.29 is 4.92 Å². The van der Waals surface area contributed by atoms with Crippen LogP contribution in [0.4, 0.5) is 17.5 Å². The van der Waals surface area contributed by atoms with Crippen molar-refractivity contribution in [3.63, 3.8) is 0 Å². The van der Waals surface area contributed by atoms with Gasteiger partial charge in [0.1, 0.15) is 5.69 Å². The Morgan fingerprint density at radius 3 is 2.48 bits per heavy atom. The maximum absolute atomic E-state index is 11.3. The van der Waals surface area contributed by atoms with Crippen LogP contribution in [0.1, 0.15) is 32.4 Å². The molecular weight excluding hydrogens is 272 g/mol. The minimum absolute atomic E-state index is 0.0306. The minimum Gasteiger partial charge on any atom is -0.351 e. The minimum atomic E-state index is -0.417. The SMILES string of the molecule is Cc1nc(NN)nc(N2CCC(C(C)C)CC2)c1[N+](=O)[O-]. The summed E-state index contributed by atoms with van der Waals surface area (Å²) in [6, 6.07) is 0. The molecule has 0 aliphatic carbocycles. The van der Waals surface area contributed by atoms with Gasteiger partial charge in [-0.05, 0) is 31.6 Å². The molecule has 116 valence electrons. The number of anilines is 2. The first kappa shape index (κ1) is 15.4. The first-order valence-electron chi connectivity index (χ1n) is 7.18. The summed E-state index contributed by atoms with van der Waals surface area (Å²) in [7, 11) is 0. The van der Waals surface area contributed by atoms with Crippen molar-refractivity contribution >= 4 is 17.5 Å². The van der Waals surface area contributed by atoms with E-state index < -0.39 is 4.92 Å². The molecule has 1 saturated heterocycles. The van der Waals surface area contributed by atoms with Crippen LogP contribution >= 0.6 is 0 Å². The lowest BCUT2D eigenvalue weighted by atomic mass is 9.87. The van der Waals surface area contributed by atoms with Gasteiger partial charge in [-0.15, -0.1) is 0 Å². The van der Waals surface area contributed by atoms with E-state index in [4.69, 9.17) is 5.84 Å². The zero-order chi connectivity index (χ0) is 15.6. The van der Waals surface area contributed by atoms with Gasteiger partial charge in [-0.25, -0.2) is 10.8 Å². The number of nitrogens with two attached hydrogens (primary N) is 1. The summed E-state index contributed by atoms with van der Waals surface area (Å²) in [4.78, 5) is 21.1. The molecule has 1 aromatic rings. The van der Waals surface area contributed by atoms with E-state index in [0.717, 1.165) is 25.9 Å². The quantitative estimate of drug-likeness (QED) is 0.495. The van der Waals surface area contributed by atoms with Crippen LogP contribution in [-0.4, -0.2) is 28.0 Å². The summed E-state index contributed by atoms with van der Waals surface area (Å²) >= 11 is 0. The summed E-state index contributed by atoms with van der Waals surface area (Å²) in [6.45, 7) is 7.57. The molecule has 1 aromatic heterocycles. The third-order valence-corrected chi connectivity index (χ3v) is 4.13. The van der Waals surface area contributed by atoms with Crippen LogP contribution in [0, 0.1) is 28.9 Å². The number of aryl methyl sites for hydroxylation is 1. The van der Waals surface area contributed by atoms with Gasteiger partial charge >= 0.3 is 5.69 Å². The van der Waals surface area contributed by atoms with Gasteiger partial charge in [0.05, 0.1) is 4.92 Å². The third-order valence-electron chi connectivity index (χ3n) is 4.13. The molecule has 21 heavy (non-hydrogen) atoms. The van der Waals surface area contributed by atoms with Crippen molar-refractivity contribution in [3.05, 3.63) is 15.8 Å². The molecule has 0 atom stereocenters. The maximum atomic E-state index is 11.3. The number of nitrogen functional groups attached to an aromatic ring is 1. The molecule has 1 aliphatic rings. The van der Waals surface area contributed by atoms with Gasteiger partial charge in [0.2, 0.25) is 11.8 Å². The lowest BCUT2D eigenvalue weighted by Gasteiger charge is -2.34. The Labute approximate surface area is 123 Å². The van der Waals surface area contributed by atoms with Crippen molar-refractivity contribution in [2.75, 3.05) is 23.4 Å². The molecule has 2 heterocycles. The van der Waals surface area contributed by atoms with Crippen molar-refractivity contribution in [1.29, 1.82) is 0 Å². The van der Waals surface area contributed by atoms with Crippen LogP contribution in [0.15, 0.2) is 0 Å². The Hall–Kier alpha value is -1.96. The van der Waals surface area contributed by atoms with E-state index in [-0.39, 0.29) is 11.6 Å². The third kappa shape index (κ3) is 3.21. The topological polar surface area (TPSA) is 110 Å². The predicted octanol–water partition coefficient (Wildman–Crippen LogP) is 1.85. The number of hydrogen-bond donors (Lipinski definition) is 2. The number of nitrogens with one attached hydrogen (secondary N) is 1. The molecule has 8 nitrogen and oxygen atoms in total. The smallest absolute Gasteiger partial charge is 0.332 e. The summed E-state index contributed by atoms with van der Waals surface area (Å²) in [5.74, 6) is 7.21. The molecule has 2 rings (SSSR count). The number of aromatic nitrogens is 2. The molecule has 0 spiro atoms. The van der Waals surface area contributed by atoms with Crippen molar-refractivity contribution in [2.45, 2.75) is 33.6 Å². The Kier molecular flexibility index (Phi) is 4.56. The molecule has 1 aliphatic heterocycles. The Morgan fingerprint density at radius 2 is 2.00 bits per heavy atom.